The van der Waals surface area contributed by atoms with E-state index >= 15 is 9.59 Å². The van der Waals surface area contributed by atoms with Gasteiger partial charge in [-0.2, -0.15) is 0 Å². The number of nitrogens with one attached hydrogen (secondary N) is 2. The van der Waals surface area contributed by atoms with Crippen LogP contribution in [0.5, 0.6) is 0 Å². The van der Waals surface area contributed by atoms with Gasteiger partial charge in [0.05, 0.1) is 31.3 Å². The van der Waals surface area contributed by atoms with Gasteiger partial charge in [-0.3, -0.25) is 43.2 Å². The van der Waals surface area contributed by atoms with Crippen molar-refractivity contribution in [2.45, 2.75) is 141 Å². The standard InChI is InChI=1S/C54H79N9O11/c1-34(2)28-42-51(71)60(10)41(29-37-22-16-13-17-23-37)48(68)55-39(50(70)63-26-20-15-21-27-63)31-45(66)58(8)32-44(65)57-46(36(4)64)53(73)59(9)35(3)47(67)56-40(33-74-54(5,6)7)49(69)61(11)43(52(72)62(42)12)30-38-24-18-14-19-25-38/h13-14,16-19,22-25,34-36,40-43,46,64H,15,20-21,26-33H2,1-12H3,(H,56,67)(H,57,65)/b55-39+/t35-,36+,40-,41?,42-,43-,46-/m0/s1. The third kappa shape index (κ3) is 16.7. The quantitative estimate of drug-likeness (QED) is 0.311. The van der Waals surface area contributed by atoms with Crippen molar-refractivity contribution in [2.24, 2.45) is 10.9 Å². The third-order valence-corrected chi connectivity index (χ3v) is 13.5. The average Bonchev–Trinajstić information content (AvgIpc) is 3.36. The summed E-state index contributed by atoms with van der Waals surface area (Å²) in [5, 5.41) is 16.0. The SMILES string of the molecule is CC(C)C[C@H]1C(=O)N(C)C(Cc2ccccc2)C(=O)/N=C(/C(=O)N2CCCCC2)CC(=O)N(C)CC(=O)N[C@@H]([C@@H](C)O)C(=O)N(C)[C@@H](C)C(=O)N[C@@H](COC(C)(C)C)C(=O)N(C)[C@@H](Cc2ccccc2)C(=O)N1C. The number of carbonyl (C=O) groups is 9. The van der Waals surface area contributed by atoms with E-state index in [1.165, 1.54) is 68.7 Å². The number of amides is 9. The van der Waals surface area contributed by atoms with Gasteiger partial charge in [-0.1, -0.05) is 74.5 Å². The van der Waals surface area contributed by atoms with Gasteiger partial charge in [0.15, 0.2) is 0 Å². The summed E-state index contributed by atoms with van der Waals surface area (Å²) in [6, 6.07) is 9.68. The van der Waals surface area contributed by atoms with Crippen LogP contribution in [0.1, 0.15) is 91.7 Å². The number of hydrogen-bond donors (Lipinski definition) is 3. The molecule has 1 fully saturated rings. The lowest BCUT2D eigenvalue weighted by Gasteiger charge is -2.38. The first kappa shape index (κ1) is 60.0. The van der Waals surface area contributed by atoms with E-state index < -0.39 is 120 Å². The van der Waals surface area contributed by atoms with Crippen molar-refractivity contribution >= 4 is 58.9 Å². The molecule has 406 valence electrons. The number of rotatable bonds is 10. The van der Waals surface area contributed by atoms with Gasteiger partial charge in [-0.05, 0) is 77.3 Å². The van der Waals surface area contributed by atoms with E-state index in [9.17, 15) is 38.7 Å². The lowest BCUT2D eigenvalue weighted by Crippen LogP contribution is -2.61. The molecule has 0 aromatic heterocycles. The Bertz CT molecular complexity index is 2330. The zero-order valence-electron chi connectivity index (χ0n) is 45.3. The van der Waals surface area contributed by atoms with E-state index in [-0.39, 0.29) is 31.8 Å². The maximum absolute atomic E-state index is 15.3. The number of nitrogens with zero attached hydrogens (tertiary/aromatic N) is 7. The molecule has 20 nitrogen and oxygen atoms in total. The number of piperidine rings is 1. The van der Waals surface area contributed by atoms with Crippen molar-refractivity contribution in [1.29, 1.82) is 0 Å². The Hall–Kier alpha value is -6.54. The number of ether oxygens (including phenoxy) is 1. The number of aliphatic hydroxyl groups excluding tert-OH is 1. The van der Waals surface area contributed by atoms with Gasteiger partial charge in [0.25, 0.3) is 11.8 Å². The van der Waals surface area contributed by atoms with Gasteiger partial charge in [0, 0.05) is 61.2 Å². The molecule has 2 aliphatic heterocycles. The highest BCUT2D eigenvalue weighted by Gasteiger charge is 2.42. The molecule has 7 atom stereocenters. The second-order valence-electron chi connectivity index (χ2n) is 21.0. The highest BCUT2D eigenvalue weighted by Crippen LogP contribution is 2.22. The maximum atomic E-state index is 15.3. The number of aliphatic hydroxyl groups is 1. The number of benzene rings is 2. The van der Waals surface area contributed by atoms with E-state index in [0.29, 0.717) is 37.1 Å². The van der Waals surface area contributed by atoms with Gasteiger partial charge in [-0.25, -0.2) is 4.99 Å². The fraction of sp³-hybridized carbons (Fsp3) is 0.593. The van der Waals surface area contributed by atoms with Crippen LogP contribution >= 0.6 is 0 Å². The Morgan fingerprint density at radius 2 is 1.22 bits per heavy atom. The molecule has 1 saturated heterocycles. The topological polar surface area (TPSA) is 239 Å². The Kier molecular flexibility index (Phi) is 22.0. The Morgan fingerprint density at radius 3 is 1.74 bits per heavy atom. The van der Waals surface area contributed by atoms with Gasteiger partial charge >= 0.3 is 0 Å². The summed E-state index contributed by atoms with van der Waals surface area (Å²) in [5.74, 6) is -7.05. The minimum Gasteiger partial charge on any atom is -0.391 e. The summed E-state index contributed by atoms with van der Waals surface area (Å²) in [6.45, 7) is 11.4. The molecular weight excluding hydrogens is 951 g/mol. The second-order valence-corrected chi connectivity index (χ2v) is 21.0. The Morgan fingerprint density at radius 1 is 0.703 bits per heavy atom. The molecule has 0 saturated carbocycles. The van der Waals surface area contributed by atoms with Crippen LogP contribution in [0, 0.1) is 5.92 Å². The summed E-state index contributed by atoms with van der Waals surface area (Å²) in [4.78, 5) is 142. The number of carbonyl (C=O) groups excluding carboxylic acids is 9. The molecule has 0 bridgehead atoms. The molecule has 2 heterocycles. The molecule has 74 heavy (non-hydrogen) atoms. The summed E-state index contributed by atoms with van der Waals surface area (Å²) in [6.07, 6.45) is 0.0827. The number of likely N-dealkylation sites (tertiary alicyclic amines) is 1. The van der Waals surface area contributed by atoms with E-state index in [4.69, 9.17) is 4.74 Å². The smallest absolute Gasteiger partial charge is 0.269 e. The molecule has 9 amide bonds. The van der Waals surface area contributed by atoms with E-state index in [1.807, 2.05) is 13.8 Å². The third-order valence-electron chi connectivity index (χ3n) is 13.5. The van der Waals surface area contributed by atoms with E-state index in [2.05, 4.69) is 15.6 Å². The van der Waals surface area contributed by atoms with Crippen LogP contribution < -0.4 is 10.6 Å². The summed E-state index contributed by atoms with van der Waals surface area (Å²) < 4.78 is 6.05. The van der Waals surface area contributed by atoms with Crippen molar-refractivity contribution < 1.29 is 53.0 Å². The molecule has 2 aromatic rings. The first-order valence-corrected chi connectivity index (χ1v) is 25.4. The monoisotopic (exact) mass is 1030 g/mol. The molecule has 0 aliphatic carbocycles. The molecule has 20 heteroatoms. The van der Waals surface area contributed by atoms with Crippen molar-refractivity contribution in [1.82, 2.24) is 40.0 Å². The minimum atomic E-state index is -1.61. The predicted octanol–water partition coefficient (Wildman–Crippen LogP) is 1.85. The van der Waals surface area contributed by atoms with E-state index in [1.54, 1.807) is 81.4 Å². The predicted molar refractivity (Wildman–Crippen MR) is 278 cm³/mol. The average molecular weight is 1030 g/mol. The van der Waals surface area contributed by atoms with Gasteiger partial charge < -0.3 is 49.9 Å². The normalized spacial score (nSPS) is 24.8. The van der Waals surface area contributed by atoms with Gasteiger partial charge in [0.1, 0.15) is 42.0 Å². The van der Waals surface area contributed by atoms with Crippen molar-refractivity contribution in [3.8, 4) is 0 Å². The number of hydrogen-bond acceptors (Lipinski definition) is 11. The van der Waals surface area contributed by atoms with Crippen LogP contribution in [-0.2, 0) is 60.7 Å². The van der Waals surface area contributed by atoms with Crippen LogP contribution in [0.4, 0.5) is 0 Å². The number of likely N-dealkylation sites (N-methyl/N-ethyl adjacent to an activating group) is 5. The van der Waals surface area contributed by atoms with Crippen LogP contribution in [0.2, 0.25) is 0 Å². The lowest BCUT2D eigenvalue weighted by atomic mass is 9.97. The molecule has 0 radical (unpaired) electrons. The van der Waals surface area contributed by atoms with Gasteiger partial charge in [-0.15, -0.1) is 0 Å². The van der Waals surface area contributed by atoms with Crippen LogP contribution in [0.15, 0.2) is 65.7 Å². The molecule has 4 rings (SSSR count). The van der Waals surface area contributed by atoms with Crippen LogP contribution in [0.3, 0.4) is 0 Å². The highest BCUT2D eigenvalue weighted by atomic mass is 16.5. The maximum Gasteiger partial charge on any atom is 0.269 e. The minimum absolute atomic E-state index is 0.0167. The molecular formula is C54H79N9O11. The first-order valence-electron chi connectivity index (χ1n) is 25.4. The summed E-state index contributed by atoms with van der Waals surface area (Å²) >= 11 is 0. The molecule has 0 spiro atoms. The molecule has 2 aliphatic rings. The first-order chi connectivity index (χ1) is 34.7. The fourth-order valence-electron chi connectivity index (χ4n) is 8.73. The zero-order chi connectivity index (χ0) is 55.2. The molecule has 1 unspecified atom stereocenters. The number of aliphatic imine (C=N–C) groups is 1. The lowest BCUT2D eigenvalue weighted by molar-refractivity contribution is -0.153. The van der Waals surface area contributed by atoms with Gasteiger partial charge in [0.2, 0.25) is 41.4 Å². The summed E-state index contributed by atoms with van der Waals surface area (Å²) in [5.41, 5.74) is 0.123. The summed E-state index contributed by atoms with van der Waals surface area (Å²) in [7, 11) is 6.88. The second kappa shape index (κ2) is 27.1. The molecule has 3 N–H and O–H groups in total. The van der Waals surface area contributed by atoms with Crippen LogP contribution in [-0.4, -0.2) is 203 Å². The van der Waals surface area contributed by atoms with E-state index in [0.717, 1.165) is 16.2 Å². The molecule has 2 aromatic carbocycles. The highest BCUT2D eigenvalue weighted by molar-refractivity contribution is 6.43. The van der Waals surface area contributed by atoms with Crippen LogP contribution in [0.25, 0.3) is 0 Å². The van der Waals surface area contributed by atoms with Crippen molar-refractivity contribution in [3.63, 3.8) is 0 Å². The Labute approximate surface area is 436 Å². The largest absolute Gasteiger partial charge is 0.391 e. The fourth-order valence-corrected chi connectivity index (χ4v) is 8.73. The van der Waals surface area contributed by atoms with Crippen molar-refractivity contribution in [3.05, 3.63) is 71.8 Å². The van der Waals surface area contributed by atoms with Crippen molar-refractivity contribution in [2.75, 3.05) is 61.5 Å². The zero-order valence-corrected chi connectivity index (χ0v) is 45.3. The Balaban J connectivity index is 1.95.